The number of hydrogen-bond donors (Lipinski definition) is 0. The van der Waals surface area contributed by atoms with Crippen LogP contribution in [0.25, 0.3) is 131 Å². The highest BCUT2D eigenvalue weighted by molar-refractivity contribution is 6.27. The van der Waals surface area contributed by atoms with Gasteiger partial charge in [-0.1, -0.05) is 145 Å². The zero-order chi connectivity index (χ0) is 51.4. The van der Waals surface area contributed by atoms with E-state index in [4.69, 9.17) is 18.1 Å². The van der Waals surface area contributed by atoms with Gasteiger partial charge in [-0.15, -0.1) is 0 Å². The van der Waals surface area contributed by atoms with Crippen LogP contribution in [0.2, 0.25) is 0 Å². The zero-order valence-electron chi connectivity index (χ0n) is 46.3. The van der Waals surface area contributed by atoms with Crippen molar-refractivity contribution in [2.24, 2.45) is 0 Å². The number of fused-ring (bicyclic) bond motifs is 5. The Morgan fingerprint density at radius 2 is 0.818 bits per heavy atom. The van der Waals surface area contributed by atoms with Gasteiger partial charge in [0.15, 0.2) is 0 Å². The maximum atomic E-state index is 9.72. The first kappa shape index (κ1) is 17.3. The third-order valence-electron chi connectivity index (χ3n) is 10.8. The molecule has 1 nitrogen and oxygen atoms in total. The van der Waals surface area contributed by atoms with Gasteiger partial charge in [-0.25, -0.2) is 0 Å². The lowest BCUT2D eigenvalue weighted by molar-refractivity contribution is 0.669. The van der Waals surface area contributed by atoms with Gasteiger partial charge in [0.05, 0.1) is 24.7 Å². The Morgan fingerprint density at radius 1 is 0.309 bits per heavy atom. The molecule has 13 rings (SSSR count). The van der Waals surface area contributed by atoms with Crippen molar-refractivity contribution in [3.63, 3.8) is 0 Å². The van der Waals surface area contributed by atoms with Crippen molar-refractivity contribution in [3.8, 4) is 33.4 Å². The predicted octanol–water partition coefficient (Wildman–Crippen LogP) is 15.5. The summed E-state index contributed by atoms with van der Waals surface area (Å²) >= 11 is 0. The van der Waals surface area contributed by atoms with Crippen molar-refractivity contribution in [3.05, 3.63) is 182 Å². The second kappa shape index (κ2) is 10.7. The standard InChI is InChI=1S/C54H30O/c1-2-10-44-31(5-1)19-26-49-54(44)47-30-38(20-25-48(47)55-49)39-27-40(42-21-15-36-13-11-32-6-3-8-34-17-23-45(42)52(36)50(32)34)29-41(28-39)43-22-16-37-14-12-33-7-4-9-35-18-24-46(43)53(37)51(33)35/h1-30H/i3D,4D,6D,7D,8D,9D,11D,12D,13D,14D,15D,16D,17D,18D,21D,22D,23D,24D. The van der Waals surface area contributed by atoms with Crippen molar-refractivity contribution in [1.82, 2.24) is 0 Å². The molecule has 0 saturated carbocycles. The lowest BCUT2D eigenvalue weighted by Gasteiger charge is -2.18. The fraction of sp³-hybridized carbons (Fsp3) is 0. The van der Waals surface area contributed by atoms with Crippen LogP contribution in [0.4, 0.5) is 0 Å². The quantitative estimate of drug-likeness (QED) is 0.166. The summed E-state index contributed by atoms with van der Waals surface area (Å²) in [6.07, 6.45) is 0. The van der Waals surface area contributed by atoms with Crippen LogP contribution < -0.4 is 0 Å². The van der Waals surface area contributed by atoms with Gasteiger partial charge in [0.25, 0.3) is 0 Å². The normalized spacial score (nSPS) is 16.9. The summed E-state index contributed by atoms with van der Waals surface area (Å²) in [5, 5.41) is 1.69. The van der Waals surface area contributed by atoms with Crippen LogP contribution >= 0.6 is 0 Å². The Balaban J connectivity index is 1.23. The van der Waals surface area contributed by atoms with Gasteiger partial charge in [0.2, 0.25) is 0 Å². The van der Waals surface area contributed by atoms with E-state index in [9.17, 15) is 11.0 Å². The molecule has 0 radical (unpaired) electrons. The molecule has 0 N–H and O–H groups in total. The second-order valence-corrected chi connectivity index (χ2v) is 13.8. The molecule has 0 fully saturated rings. The molecule has 1 heterocycles. The first-order chi connectivity index (χ1) is 34.8. The van der Waals surface area contributed by atoms with Crippen LogP contribution in [0.1, 0.15) is 24.7 Å². The second-order valence-electron chi connectivity index (χ2n) is 13.8. The number of benzene rings is 12. The summed E-state index contributed by atoms with van der Waals surface area (Å²) in [6, 6.07) is 12.1. The average Bonchev–Trinajstić information content (AvgIpc) is 3.76. The highest BCUT2D eigenvalue weighted by Gasteiger charge is 2.18. The fourth-order valence-electron chi connectivity index (χ4n) is 8.37. The Morgan fingerprint density at radius 3 is 1.44 bits per heavy atom. The summed E-state index contributed by atoms with van der Waals surface area (Å²) in [5.74, 6) is 0. The van der Waals surface area contributed by atoms with E-state index in [1.54, 1.807) is 24.3 Å². The summed E-state index contributed by atoms with van der Waals surface area (Å²) in [7, 11) is 0. The molecule has 1 heteroatoms. The number of rotatable bonds is 3. The van der Waals surface area contributed by atoms with Gasteiger partial charge in [-0.2, -0.15) is 0 Å². The molecule has 0 aliphatic rings. The molecule has 13 aromatic rings. The minimum absolute atomic E-state index is 0.0277. The van der Waals surface area contributed by atoms with Crippen LogP contribution in [-0.4, -0.2) is 0 Å². The Bertz CT molecular complexity index is 4500. The summed E-state index contributed by atoms with van der Waals surface area (Å²) in [5.41, 5.74) is 2.14. The van der Waals surface area contributed by atoms with Gasteiger partial charge in [0.1, 0.15) is 11.2 Å². The number of furan rings is 1. The smallest absolute Gasteiger partial charge is 0.136 e. The van der Waals surface area contributed by atoms with E-state index in [0.29, 0.717) is 22.3 Å². The van der Waals surface area contributed by atoms with Gasteiger partial charge in [-0.05, 0) is 145 Å². The van der Waals surface area contributed by atoms with Gasteiger partial charge < -0.3 is 4.42 Å². The minimum Gasteiger partial charge on any atom is -0.456 e. The van der Waals surface area contributed by atoms with Crippen LogP contribution in [-0.2, 0) is 0 Å². The maximum Gasteiger partial charge on any atom is 0.136 e. The largest absolute Gasteiger partial charge is 0.456 e. The molecule has 0 aliphatic carbocycles. The molecule has 0 saturated heterocycles. The molecule has 0 unspecified atom stereocenters. The molecule has 12 aromatic carbocycles. The number of hydrogen-bond acceptors (Lipinski definition) is 1. The molecule has 252 valence electrons. The first-order valence-corrected chi connectivity index (χ1v) is 17.6. The van der Waals surface area contributed by atoms with E-state index in [-0.39, 0.29) is 86.9 Å². The summed E-state index contributed by atoms with van der Waals surface area (Å²) in [6.45, 7) is 0. The predicted molar refractivity (Wildman–Crippen MR) is 235 cm³/mol. The lowest BCUT2D eigenvalue weighted by atomic mass is 9.86. The third-order valence-corrected chi connectivity index (χ3v) is 10.8. The van der Waals surface area contributed by atoms with Crippen LogP contribution in [0.5, 0.6) is 0 Å². The molecule has 0 spiro atoms. The SMILES string of the molecule is [2H]c1c([2H])c2c([2H])c([2H])c3c([2H])c([2H])c(-c4cc(-c5ccc6oc7ccc8ccccc8c7c6c5)cc(-c5c([2H])c([2H])c6c([2H])c([2H])c7c([2H])c([2H])c([2H])c8c([2H])c([2H])c5c6c78)c4)c4c([2H])c([2H])c(c1[2H])c2c34. The summed E-state index contributed by atoms with van der Waals surface area (Å²) in [4.78, 5) is 0. The minimum atomic E-state index is -0.612. The van der Waals surface area contributed by atoms with Crippen molar-refractivity contribution < 1.29 is 29.1 Å². The van der Waals surface area contributed by atoms with Gasteiger partial charge >= 0.3 is 0 Å². The van der Waals surface area contributed by atoms with Crippen molar-refractivity contribution in [1.29, 1.82) is 0 Å². The topological polar surface area (TPSA) is 13.1 Å². The molecular weight excluding hydrogens is 665 g/mol. The summed E-state index contributed by atoms with van der Waals surface area (Å²) < 4.78 is 172. The first-order valence-electron chi connectivity index (χ1n) is 26.6. The van der Waals surface area contributed by atoms with Crippen molar-refractivity contribution in [2.75, 3.05) is 0 Å². The van der Waals surface area contributed by atoms with E-state index in [2.05, 4.69) is 0 Å². The monoisotopic (exact) mass is 712 g/mol. The Labute approximate surface area is 341 Å². The molecule has 0 bridgehead atoms. The van der Waals surface area contributed by atoms with Crippen molar-refractivity contribution >= 4 is 97.3 Å². The van der Waals surface area contributed by atoms with Gasteiger partial charge in [-0.3, -0.25) is 0 Å². The van der Waals surface area contributed by atoms with Crippen LogP contribution in [0.3, 0.4) is 0 Å². The molecule has 55 heavy (non-hydrogen) atoms. The molecule has 0 atom stereocenters. The Hall–Kier alpha value is -7.22. The molecule has 1 aromatic heterocycles. The molecule has 0 amide bonds. The Kier molecular flexibility index (Phi) is 3.36. The third kappa shape index (κ3) is 4.07. The van der Waals surface area contributed by atoms with E-state index >= 15 is 0 Å². The molecule has 0 aliphatic heterocycles. The highest BCUT2D eigenvalue weighted by Crippen LogP contribution is 2.45. The fourth-order valence-corrected chi connectivity index (χ4v) is 8.37. The van der Waals surface area contributed by atoms with Crippen LogP contribution in [0.15, 0.2) is 186 Å². The van der Waals surface area contributed by atoms with E-state index in [1.165, 1.54) is 6.07 Å². The van der Waals surface area contributed by atoms with Gasteiger partial charge in [0, 0.05) is 10.8 Å². The highest BCUT2D eigenvalue weighted by atomic mass is 16.3. The van der Waals surface area contributed by atoms with E-state index < -0.39 is 109 Å². The van der Waals surface area contributed by atoms with Crippen LogP contribution in [0, 0.1) is 0 Å². The maximum absolute atomic E-state index is 9.72. The zero-order valence-corrected chi connectivity index (χ0v) is 28.3. The van der Waals surface area contributed by atoms with Crippen molar-refractivity contribution in [2.45, 2.75) is 0 Å². The molecular formula is C54H30O. The lowest BCUT2D eigenvalue weighted by Crippen LogP contribution is -1.91. The average molecular weight is 713 g/mol. The van der Waals surface area contributed by atoms with E-state index in [0.717, 1.165) is 21.5 Å². The van der Waals surface area contributed by atoms with E-state index in [1.807, 2.05) is 42.5 Å².